The van der Waals surface area contributed by atoms with Crippen LogP contribution in [0.4, 0.5) is 4.39 Å². The molecule has 0 saturated heterocycles. The van der Waals surface area contributed by atoms with Crippen LogP contribution in [-0.2, 0) is 6.54 Å². The minimum atomic E-state index is -0.552. The van der Waals surface area contributed by atoms with Gasteiger partial charge in [0.05, 0.1) is 18.3 Å². The third kappa shape index (κ3) is 3.39. The predicted octanol–water partition coefficient (Wildman–Crippen LogP) is 2.54. The van der Waals surface area contributed by atoms with Crippen LogP contribution < -0.4 is 0 Å². The van der Waals surface area contributed by atoms with Gasteiger partial charge in [-0.3, -0.25) is 14.8 Å². The van der Waals surface area contributed by atoms with Crippen molar-refractivity contribution < 1.29 is 13.7 Å². The van der Waals surface area contributed by atoms with E-state index in [1.807, 2.05) is 12.1 Å². The molecule has 0 N–H and O–H groups in total. The van der Waals surface area contributed by atoms with Crippen molar-refractivity contribution in [1.29, 1.82) is 0 Å². The molecule has 3 heterocycles. The fraction of sp³-hybridized carbons (Fsp3) is 0.125. The van der Waals surface area contributed by atoms with Crippen molar-refractivity contribution in [3.8, 4) is 11.3 Å². The first-order valence-corrected chi connectivity index (χ1v) is 6.85. The number of hydrogen-bond donors (Lipinski definition) is 0. The Bertz CT molecular complexity index is 820. The molecule has 0 fully saturated rings. The number of nitrogens with zero attached hydrogens (tertiary/aromatic N) is 4. The van der Waals surface area contributed by atoms with E-state index in [4.69, 9.17) is 4.52 Å². The molecule has 116 valence electrons. The monoisotopic (exact) mass is 312 g/mol. The molecule has 0 spiro atoms. The number of carbonyl (C=O) groups excluding carboxylic acids is 1. The molecule has 0 unspecified atom stereocenters. The van der Waals surface area contributed by atoms with Crippen molar-refractivity contribution in [2.24, 2.45) is 0 Å². The first-order valence-electron chi connectivity index (χ1n) is 6.85. The second-order valence-corrected chi connectivity index (χ2v) is 4.97. The highest BCUT2D eigenvalue weighted by Gasteiger charge is 2.16. The molecule has 7 heteroatoms. The van der Waals surface area contributed by atoms with Crippen LogP contribution in [0.3, 0.4) is 0 Å². The number of amides is 1. The average Bonchev–Trinajstić information content (AvgIpc) is 3.03. The molecule has 3 aromatic heterocycles. The van der Waals surface area contributed by atoms with E-state index >= 15 is 0 Å². The van der Waals surface area contributed by atoms with Crippen molar-refractivity contribution in [3.05, 3.63) is 66.2 Å². The molecule has 0 atom stereocenters. The summed E-state index contributed by atoms with van der Waals surface area (Å²) in [6.45, 7) is 0.216. The minimum absolute atomic E-state index is 0.182. The van der Waals surface area contributed by atoms with Crippen LogP contribution in [-0.4, -0.2) is 33.0 Å². The van der Waals surface area contributed by atoms with E-state index < -0.39 is 5.82 Å². The molecule has 0 radical (unpaired) electrons. The van der Waals surface area contributed by atoms with E-state index in [2.05, 4.69) is 15.1 Å². The Morgan fingerprint density at radius 1 is 1.22 bits per heavy atom. The summed E-state index contributed by atoms with van der Waals surface area (Å²) in [4.78, 5) is 21.3. The molecule has 3 rings (SSSR count). The molecule has 0 aliphatic heterocycles. The maximum atomic E-state index is 13.1. The van der Waals surface area contributed by atoms with Gasteiger partial charge in [-0.1, -0.05) is 5.16 Å². The Labute approximate surface area is 131 Å². The Balaban J connectivity index is 1.72. The van der Waals surface area contributed by atoms with Gasteiger partial charge in [0.1, 0.15) is 11.5 Å². The highest BCUT2D eigenvalue weighted by molar-refractivity contribution is 5.93. The molecule has 0 aromatic carbocycles. The summed E-state index contributed by atoms with van der Waals surface area (Å²) in [6.07, 6.45) is 5.70. The zero-order chi connectivity index (χ0) is 16.2. The van der Waals surface area contributed by atoms with Crippen LogP contribution >= 0.6 is 0 Å². The molecule has 0 bridgehead atoms. The molecular weight excluding hydrogens is 299 g/mol. The number of aromatic nitrogens is 3. The molecule has 3 aromatic rings. The van der Waals surface area contributed by atoms with Crippen LogP contribution in [0.25, 0.3) is 11.3 Å². The maximum Gasteiger partial charge on any atom is 0.255 e. The van der Waals surface area contributed by atoms with Crippen molar-refractivity contribution in [2.75, 3.05) is 7.05 Å². The van der Waals surface area contributed by atoms with E-state index in [0.29, 0.717) is 11.5 Å². The third-order valence-electron chi connectivity index (χ3n) is 3.23. The smallest absolute Gasteiger partial charge is 0.255 e. The van der Waals surface area contributed by atoms with Gasteiger partial charge in [0.2, 0.25) is 0 Å². The molecular formula is C16H13FN4O2. The maximum absolute atomic E-state index is 13.1. The van der Waals surface area contributed by atoms with Gasteiger partial charge < -0.3 is 9.42 Å². The van der Waals surface area contributed by atoms with Gasteiger partial charge in [-0.05, 0) is 18.2 Å². The summed E-state index contributed by atoms with van der Waals surface area (Å²) < 4.78 is 18.4. The van der Waals surface area contributed by atoms with Crippen LogP contribution in [0.2, 0.25) is 0 Å². The summed E-state index contributed by atoms with van der Waals surface area (Å²) in [7, 11) is 1.60. The second kappa shape index (κ2) is 6.35. The normalized spacial score (nSPS) is 10.5. The van der Waals surface area contributed by atoms with Gasteiger partial charge in [0.15, 0.2) is 5.76 Å². The van der Waals surface area contributed by atoms with E-state index in [-0.39, 0.29) is 18.0 Å². The van der Waals surface area contributed by atoms with Crippen LogP contribution in [0.1, 0.15) is 16.1 Å². The molecule has 0 saturated carbocycles. The van der Waals surface area contributed by atoms with Crippen molar-refractivity contribution >= 4 is 5.91 Å². The van der Waals surface area contributed by atoms with Crippen molar-refractivity contribution in [2.45, 2.75) is 6.54 Å². The summed E-state index contributed by atoms with van der Waals surface area (Å²) in [6, 6.07) is 6.53. The number of hydrogen-bond acceptors (Lipinski definition) is 5. The molecule has 0 aliphatic rings. The average molecular weight is 312 g/mol. The minimum Gasteiger partial charge on any atom is -0.359 e. The summed E-state index contributed by atoms with van der Waals surface area (Å²) in [5, 5.41) is 3.97. The number of rotatable bonds is 4. The number of pyridine rings is 2. The first kappa shape index (κ1) is 14.8. The van der Waals surface area contributed by atoms with Crippen molar-refractivity contribution in [1.82, 2.24) is 20.0 Å². The molecule has 0 aliphatic carbocycles. The third-order valence-corrected chi connectivity index (χ3v) is 3.23. The highest BCUT2D eigenvalue weighted by Crippen LogP contribution is 2.19. The van der Waals surface area contributed by atoms with E-state index in [1.54, 1.807) is 25.5 Å². The lowest BCUT2D eigenvalue weighted by Gasteiger charge is -2.14. The second-order valence-electron chi connectivity index (χ2n) is 4.97. The molecule has 6 nitrogen and oxygen atoms in total. The SMILES string of the molecule is CN(Cc1cc(-c2ccncc2)no1)C(=O)c1cncc(F)c1. The first-order chi connectivity index (χ1) is 11.1. The summed E-state index contributed by atoms with van der Waals surface area (Å²) in [5.74, 6) is -0.375. The fourth-order valence-electron chi connectivity index (χ4n) is 2.10. The largest absolute Gasteiger partial charge is 0.359 e. The van der Waals surface area contributed by atoms with Gasteiger partial charge in [0.25, 0.3) is 5.91 Å². The summed E-state index contributed by atoms with van der Waals surface area (Å²) >= 11 is 0. The number of carbonyl (C=O) groups is 1. The van der Waals surface area contributed by atoms with Crippen LogP contribution in [0, 0.1) is 5.82 Å². The Hall–Kier alpha value is -3.09. The Morgan fingerprint density at radius 3 is 2.74 bits per heavy atom. The van der Waals surface area contributed by atoms with Gasteiger partial charge in [-0.25, -0.2) is 4.39 Å². The topological polar surface area (TPSA) is 72.1 Å². The predicted molar refractivity (Wildman–Crippen MR) is 79.7 cm³/mol. The van der Waals surface area contributed by atoms with E-state index in [1.165, 1.54) is 11.1 Å². The molecule has 1 amide bonds. The van der Waals surface area contributed by atoms with Gasteiger partial charge >= 0.3 is 0 Å². The standard InChI is InChI=1S/C16H13FN4O2/c1-21(16(22)12-6-13(17)9-19-8-12)10-14-7-15(20-23-14)11-2-4-18-5-3-11/h2-9H,10H2,1H3. The van der Waals surface area contributed by atoms with Crippen molar-refractivity contribution in [3.63, 3.8) is 0 Å². The van der Waals surface area contributed by atoms with Crippen LogP contribution in [0.15, 0.2) is 53.6 Å². The zero-order valence-electron chi connectivity index (χ0n) is 12.3. The lowest BCUT2D eigenvalue weighted by atomic mass is 10.2. The summed E-state index contributed by atoms with van der Waals surface area (Å²) in [5.41, 5.74) is 1.72. The van der Waals surface area contributed by atoms with Crippen LogP contribution in [0.5, 0.6) is 0 Å². The van der Waals surface area contributed by atoms with E-state index in [0.717, 1.165) is 17.8 Å². The Kier molecular flexibility index (Phi) is 4.09. The Morgan fingerprint density at radius 2 is 2.00 bits per heavy atom. The lowest BCUT2D eigenvalue weighted by Crippen LogP contribution is -2.26. The fourth-order valence-corrected chi connectivity index (χ4v) is 2.10. The van der Waals surface area contributed by atoms with Gasteiger partial charge in [-0.15, -0.1) is 0 Å². The van der Waals surface area contributed by atoms with Gasteiger partial charge in [0, 0.05) is 37.3 Å². The highest BCUT2D eigenvalue weighted by atomic mass is 19.1. The molecule has 23 heavy (non-hydrogen) atoms. The van der Waals surface area contributed by atoms with E-state index in [9.17, 15) is 9.18 Å². The lowest BCUT2D eigenvalue weighted by molar-refractivity contribution is 0.0771. The van der Waals surface area contributed by atoms with Gasteiger partial charge in [-0.2, -0.15) is 0 Å². The number of halogens is 1. The quantitative estimate of drug-likeness (QED) is 0.740. The zero-order valence-corrected chi connectivity index (χ0v) is 12.3.